The minimum Gasteiger partial charge on any atom is -0.495 e. The van der Waals surface area contributed by atoms with E-state index in [9.17, 15) is 5.11 Å². The van der Waals surface area contributed by atoms with Crippen LogP contribution in [-0.2, 0) is 4.74 Å². The van der Waals surface area contributed by atoms with Crippen molar-refractivity contribution in [1.82, 2.24) is 0 Å². The van der Waals surface area contributed by atoms with Gasteiger partial charge in [-0.25, -0.2) is 0 Å². The fourth-order valence-corrected chi connectivity index (χ4v) is 2.82. The van der Waals surface area contributed by atoms with Crippen molar-refractivity contribution in [1.29, 1.82) is 0 Å². The van der Waals surface area contributed by atoms with Crippen LogP contribution in [0.2, 0.25) is 0 Å². The molecule has 2 aliphatic rings. The third-order valence-electron chi connectivity index (χ3n) is 3.80. The van der Waals surface area contributed by atoms with Gasteiger partial charge in [-0.1, -0.05) is 19.8 Å². The van der Waals surface area contributed by atoms with E-state index in [-0.39, 0.29) is 0 Å². The number of hydrogen-bond donors (Lipinski definition) is 1. The Labute approximate surface area is 92.3 Å². The first-order valence-corrected chi connectivity index (χ1v) is 6.30. The first kappa shape index (κ1) is 11.0. The molecule has 0 aromatic carbocycles. The van der Waals surface area contributed by atoms with E-state index in [1.54, 1.807) is 0 Å². The van der Waals surface area contributed by atoms with E-state index < -0.39 is 5.60 Å². The van der Waals surface area contributed by atoms with Gasteiger partial charge in [0.1, 0.15) is 11.4 Å². The lowest BCUT2D eigenvalue weighted by molar-refractivity contribution is -0.0373. The molecule has 0 amide bonds. The van der Waals surface area contributed by atoms with Crippen LogP contribution >= 0.6 is 0 Å². The summed E-state index contributed by atoms with van der Waals surface area (Å²) in [7, 11) is 0. The van der Waals surface area contributed by atoms with Gasteiger partial charge in [0.2, 0.25) is 0 Å². The summed E-state index contributed by atoms with van der Waals surface area (Å²) in [6.07, 6.45) is 9.62. The van der Waals surface area contributed by atoms with E-state index in [4.69, 9.17) is 4.74 Å². The van der Waals surface area contributed by atoms with Crippen molar-refractivity contribution in [2.75, 3.05) is 6.61 Å². The average molecular weight is 210 g/mol. The Morgan fingerprint density at radius 2 is 2.40 bits per heavy atom. The average Bonchev–Trinajstić information content (AvgIpc) is 2.30. The van der Waals surface area contributed by atoms with Crippen LogP contribution in [0.15, 0.2) is 11.8 Å². The summed E-state index contributed by atoms with van der Waals surface area (Å²) in [6, 6.07) is 0. The van der Waals surface area contributed by atoms with E-state index >= 15 is 0 Å². The maximum Gasteiger partial charge on any atom is 0.124 e. The monoisotopic (exact) mass is 210 g/mol. The predicted molar refractivity (Wildman–Crippen MR) is 60.5 cm³/mol. The molecule has 0 aromatic rings. The van der Waals surface area contributed by atoms with Crippen LogP contribution in [0.4, 0.5) is 0 Å². The number of aliphatic hydroxyl groups is 1. The molecular weight excluding hydrogens is 188 g/mol. The third-order valence-corrected chi connectivity index (χ3v) is 3.80. The summed E-state index contributed by atoms with van der Waals surface area (Å²) in [5.74, 6) is 1.54. The van der Waals surface area contributed by atoms with Gasteiger partial charge >= 0.3 is 0 Å². The lowest BCUT2D eigenvalue weighted by Crippen LogP contribution is -2.38. The summed E-state index contributed by atoms with van der Waals surface area (Å²) in [5, 5.41) is 10.6. The molecule has 1 saturated carbocycles. The van der Waals surface area contributed by atoms with E-state index in [1.807, 2.05) is 0 Å². The quantitative estimate of drug-likeness (QED) is 0.759. The van der Waals surface area contributed by atoms with Gasteiger partial charge in [-0.15, -0.1) is 0 Å². The first-order chi connectivity index (χ1) is 7.24. The van der Waals surface area contributed by atoms with E-state index in [0.717, 1.165) is 44.5 Å². The lowest BCUT2D eigenvalue weighted by Gasteiger charge is -2.38. The van der Waals surface area contributed by atoms with Crippen LogP contribution < -0.4 is 0 Å². The maximum atomic E-state index is 10.6. The minimum atomic E-state index is -0.640. The summed E-state index contributed by atoms with van der Waals surface area (Å²) < 4.78 is 5.62. The SMILES string of the molecule is CCC1CCCC(O)(C2=CCCCO2)C1. The van der Waals surface area contributed by atoms with Gasteiger partial charge in [-0.05, 0) is 44.1 Å². The Bertz CT molecular complexity index is 247. The molecule has 15 heavy (non-hydrogen) atoms. The largest absolute Gasteiger partial charge is 0.495 e. The normalized spacial score (nSPS) is 36.9. The molecule has 1 aliphatic carbocycles. The molecule has 1 aliphatic heterocycles. The number of hydrogen-bond acceptors (Lipinski definition) is 2. The summed E-state index contributed by atoms with van der Waals surface area (Å²) in [5.41, 5.74) is -0.640. The first-order valence-electron chi connectivity index (χ1n) is 6.30. The Morgan fingerprint density at radius 3 is 3.07 bits per heavy atom. The highest BCUT2D eigenvalue weighted by Gasteiger charge is 2.38. The van der Waals surface area contributed by atoms with E-state index in [0.29, 0.717) is 5.92 Å². The molecule has 0 bridgehead atoms. The van der Waals surface area contributed by atoms with Crippen molar-refractivity contribution in [2.24, 2.45) is 5.92 Å². The third kappa shape index (κ3) is 2.36. The molecule has 1 fully saturated rings. The fraction of sp³-hybridized carbons (Fsp3) is 0.846. The molecule has 2 rings (SSSR count). The molecule has 0 saturated heterocycles. The number of allylic oxidation sites excluding steroid dienone is 1. The van der Waals surface area contributed by atoms with Crippen LogP contribution in [0.25, 0.3) is 0 Å². The topological polar surface area (TPSA) is 29.5 Å². The molecule has 0 spiro atoms. The van der Waals surface area contributed by atoms with E-state index in [2.05, 4.69) is 13.0 Å². The maximum absolute atomic E-state index is 10.6. The van der Waals surface area contributed by atoms with Crippen molar-refractivity contribution in [3.05, 3.63) is 11.8 Å². The second-order valence-electron chi connectivity index (χ2n) is 4.96. The van der Waals surface area contributed by atoms with Crippen molar-refractivity contribution >= 4 is 0 Å². The van der Waals surface area contributed by atoms with Gasteiger partial charge in [0.25, 0.3) is 0 Å². The van der Waals surface area contributed by atoms with Crippen LogP contribution in [0, 0.1) is 5.92 Å². The molecule has 2 unspecified atom stereocenters. The molecule has 1 heterocycles. The molecule has 0 radical (unpaired) electrons. The number of rotatable bonds is 2. The van der Waals surface area contributed by atoms with Gasteiger partial charge in [0.05, 0.1) is 6.61 Å². The van der Waals surface area contributed by atoms with Crippen LogP contribution in [0.1, 0.15) is 51.9 Å². The van der Waals surface area contributed by atoms with Gasteiger partial charge < -0.3 is 9.84 Å². The fourth-order valence-electron chi connectivity index (χ4n) is 2.82. The summed E-state index contributed by atoms with van der Waals surface area (Å²) in [6.45, 7) is 3.00. The zero-order valence-electron chi connectivity index (χ0n) is 9.67. The smallest absolute Gasteiger partial charge is 0.124 e. The Morgan fingerprint density at radius 1 is 1.53 bits per heavy atom. The molecule has 1 N–H and O–H groups in total. The van der Waals surface area contributed by atoms with Crippen molar-refractivity contribution < 1.29 is 9.84 Å². The second kappa shape index (κ2) is 4.56. The molecule has 0 aromatic heterocycles. The van der Waals surface area contributed by atoms with Crippen molar-refractivity contribution in [3.8, 4) is 0 Å². The van der Waals surface area contributed by atoms with Gasteiger partial charge in [-0.2, -0.15) is 0 Å². The highest BCUT2D eigenvalue weighted by atomic mass is 16.5. The highest BCUT2D eigenvalue weighted by Crippen LogP contribution is 2.40. The zero-order valence-corrected chi connectivity index (χ0v) is 9.67. The standard InChI is InChI=1S/C13H22O2/c1-2-11-6-5-8-13(14,10-11)12-7-3-4-9-15-12/h7,11,14H,2-6,8-10H2,1H3. The zero-order chi connectivity index (χ0) is 10.7. The summed E-state index contributed by atoms with van der Waals surface area (Å²) >= 11 is 0. The summed E-state index contributed by atoms with van der Waals surface area (Å²) in [4.78, 5) is 0. The lowest BCUT2D eigenvalue weighted by atomic mass is 9.75. The second-order valence-corrected chi connectivity index (χ2v) is 4.96. The van der Waals surface area contributed by atoms with Gasteiger partial charge in [0, 0.05) is 0 Å². The molecule has 86 valence electrons. The van der Waals surface area contributed by atoms with Crippen LogP contribution in [-0.4, -0.2) is 17.3 Å². The van der Waals surface area contributed by atoms with Gasteiger partial charge in [-0.3, -0.25) is 0 Å². The highest BCUT2D eigenvalue weighted by molar-refractivity contribution is 5.13. The molecule has 2 atom stereocenters. The molecule has 2 nitrogen and oxygen atoms in total. The molecule has 2 heteroatoms. The molecular formula is C13H22O2. The van der Waals surface area contributed by atoms with E-state index in [1.165, 1.54) is 12.8 Å². The Kier molecular flexibility index (Phi) is 3.35. The van der Waals surface area contributed by atoms with Crippen LogP contribution in [0.3, 0.4) is 0 Å². The Hall–Kier alpha value is -0.500. The minimum absolute atomic E-state index is 0.640. The van der Waals surface area contributed by atoms with Crippen LogP contribution in [0.5, 0.6) is 0 Å². The number of ether oxygens (including phenoxy) is 1. The van der Waals surface area contributed by atoms with Gasteiger partial charge in [0.15, 0.2) is 0 Å². The predicted octanol–water partition coefficient (Wildman–Crippen LogP) is 3.01. The van der Waals surface area contributed by atoms with Crippen molar-refractivity contribution in [3.63, 3.8) is 0 Å². The van der Waals surface area contributed by atoms with Crippen molar-refractivity contribution in [2.45, 2.75) is 57.5 Å². The Balaban J connectivity index is 2.07.